The Kier molecular flexibility index (Phi) is 7.63. The summed E-state index contributed by atoms with van der Waals surface area (Å²) in [5, 5.41) is 5.94. The van der Waals surface area contributed by atoms with Crippen LogP contribution in [0.2, 0.25) is 0 Å². The van der Waals surface area contributed by atoms with E-state index in [9.17, 15) is 9.59 Å². The molecule has 0 saturated carbocycles. The Labute approximate surface area is 149 Å². The molecule has 1 heterocycles. The molecule has 1 aliphatic rings. The van der Waals surface area contributed by atoms with Gasteiger partial charge in [-0.25, -0.2) is 0 Å². The van der Waals surface area contributed by atoms with Crippen LogP contribution in [0.3, 0.4) is 0 Å². The Morgan fingerprint density at radius 2 is 1.88 bits per heavy atom. The average Bonchev–Trinajstić information content (AvgIpc) is 2.61. The van der Waals surface area contributed by atoms with Crippen molar-refractivity contribution in [3.8, 4) is 0 Å². The molecular weight excluding hydrogens is 320 g/mol. The van der Waals surface area contributed by atoms with Crippen LogP contribution in [0.4, 0.5) is 0 Å². The van der Waals surface area contributed by atoms with E-state index in [1.54, 1.807) is 0 Å². The van der Waals surface area contributed by atoms with E-state index in [0.29, 0.717) is 24.4 Å². The fourth-order valence-corrected chi connectivity index (χ4v) is 3.87. The van der Waals surface area contributed by atoms with E-state index in [1.807, 2.05) is 49.9 Å². The summed E-state index contributed by atoms with van der Waals surface area (Å²) in [4.78, 5) is 24.1. The molecule has 0 radical (unpaired) electrons. The molecule has 0 bridgehead atoms. The minimum atomic E-state index is -0.0462. The third-order valence-corrected chi connectivity index (χ3v) is 5.56. The Morgan fingerprint density at radius 3 is 2.50 bits per heavy atom. The van der Waals surface area contributed by atoms with Crippen LogP contribution in [0.1, 0.15) is 55.5 Å². The molecule has 0 spiro atoms. The van der Waals surface area contributed by atoms with Crippen LogP contribution in [-0.4, -0.2) is 29.4 Å². The van der Waals surface area contributed by atoms with E-state index in [-0.39, 0.29) is 17.9 Å². The second-order valence-corrected chi connectivity index (χ2v) is 7.74. The van der Waals surface area contributed by atoms with Crippen LogP contribution in [0, 0.1) is 5.92 Å². The lowest BCUT2D eigenvalue weighted by Gasteiger charge is -2.20. The molecule has 5 heteroatoms. The predicted octanol–water partition coefficient (Wildman–Crippen LogP) is 3.36. The van der Waals surface area contributed by atoms with Crippen LogP contribution in [-0.2, 0) is 11.3 Å². The summed E-state index contributed by atoms with van der Waals surface area (Å²) in [7, 11) is 0. The van der Waals surface area contributed by atoms with Crippen LogP contribution in [0.25, 0.3) is 0 Å². The lowest BCUT2D eigenvalue weighted by Crippen LogP contribution is -2.31. The van der Waals surface area contributed by atoms with Crippen LogP contribution in [0.15, 0.2) is 24.3 Å². The lowest BCUT2D eigenvalue weighted by atomic mass is 9.98. The molecule has 2 N–H and O–H groups in total. The van der Waals surface area contributed by atoms with Crippen molar-refractivity contribution in [1.29, 1.82) is 0 Å². The first kappa shape index (κ1) is 18.8. The second kappa shape index (κ2) is 9.72. The number of amides is 2. The summed E-state index contributed by atoms with van der Waals surface area (Å²) < 4.78 is 0. The molecule has 1 aromatic carbocycles. The van der Waals surface area contributed by atoms with Crippen molar-refractivity contribution in [3.63, 3.8) is 0 Å². The molecule has 1 fully saturated rings. The standard InChI is InChI=1S/C19H28N2O2S/c1-3-14(2)21-19(23)17-6-4-16(5-7-17)13-20-18(22)12-15-8-10-24-11-9-15/h4-7,14-15H,3,8-13H2,1-2H3,(H,20,22)(H,21,23)/t14-/m1/s1. The highest BCUT2D eigenvalue weighted by molar-refractivity contribution is 7.99. The van der Waals surface area contributed by atoms with Gasteiger partial charge in [0.25, 0.3) is 5.91 Å². The fourth-order valence-electron chi connectivity index (χ4n) is 2.67. The van der Waals surface area contributed by atoms with E-state index < -0.39 is 0 Å². The fraction of sp³-hybridized carbons (Fsp3) is 0.579. The Hall–Kier alpha value is -1.49. The minimum absolute atomic E-state index is 0.0462. The van der Waals surface area contributed by atoms with Gasteiger partial charge in [-0.2, -0.15) is 11.8 Å². The zero-order valence-corrected chi connectivity index (χ0v) is 15.5. The van der Waals surface area contributed by atoms with Crippen molar-refractivity contribution in [3.05, 3.63) is 35.4 Å². The van der Waals surface area contributed by atoms with Crippen LogP contribution >= 0.6 is 11.8 Å². The van der Waals surface area contributed by atoms with Gasteiger partial charge in [0, 0.05) is 24.6 Å². The molecule has 2 amide bonds. The summed E-state index contributed by atoms with van der Waals surface area (Å²) in [6, 6.07) is 7.62. The maximum absolute atomic E-state index is 12.0. The maximum atomic E-state index is 12.0. The third-order valence-electron chi connectivity index (χ3n) is 4.51. The summed E-state index contributed by atoms with van der Waals surface area (Å²) in [6.07, 6.45) is 3.85. The quantitative estimate of drug-likeness (QED) is 0.794. The highest BCUT2D eigenvalue weighted by atomic mass is 32.2. The molecule has 24 heavy (non-hydrogen) atoms. The molecule has 4 nitrogen and oxygen atoms in total. The summed E-state index contributed by atoms with van der Waals surface area (Å²) in [5.41, 5.74) is 1.67. The zero-order valence-electron chi connectivity index (χ0n) is 14.6. The second-order valence-electron chi connectivity index (χ2n) is 6.52. The van der Waals surface area contributed by atoms with Crippen molar-refractivity contribution >= 4 is 23.6 Å². The number of nitrogens with one attached hydrogen (secondary N) is 2. The molecule has 1 saturated heterocycles. The van der Waals surface area contributed by atoms with Crippen molar-refractivity contribution in [2.75, 3.05) is 11.5 Å². The number of thioether (sulfide) groups is 1. The summed E-state index contributed by atoms with van der Waals surface area (Å²) >= 11 is 1.98. The highest BCUT2D eigenvalue weighted by Gasteiger charge is 2.17. The smallest absolute Gasteiger partial charge is 0.251 e. The highest BCUT2D eigenvalue weighted by Crippen LogP contribution is 2.25. The van der Waals surface area contributed by atoms with Crippen molar-refractivity contribution in [2.45, 2.75) is 52.1 Å². The first-order valence-corrected chi connectivity index (χ1v) is 9.98. The van der Waals surface area contributed by atoms with Gasteiger partial charge >= 0.3 is 0 Å². The van der Waals surface area contributed by atoms with Gasteiger partial charge < -0.3 is 10.6 Å². The Balaban J connectivity index is 1.76. The van der Waals surface area contributed by atoms with E-state index >= 15 is 0 Å². The number of carbonyl (C=O) groups excluding carboxylic acids is 2. The van der Waals surface area contributed by atoms with Crippen LogP contribution < -0.4 is 10.6 Å². The topological polar surface area (TPSA) is 58.2 Å². The Bertz CT molecular complexity index is 539. The zero-order chi connectivity index (χ0) is 17.4. The van der Waals surface area contributed by atoms with Crippen LogP contribution in [0.5, 0.6) is 0 Å². The van der Waals surface area contributed by atoms with Gasteiger partial charge in [-0.1, -0.05) is 19.1 Å². The van der Waals surface area contributed by atoms with Gasteiger partial charge in [0.1, 0.15) is 0 Å². The molecule has 0 aliphatic carbocycles. The first-order valence-electron chi connectivity index (χ1n) is 8.82. The number of hydrogen-bond acceptors (Lipinski definition) is 3. The molecule has 1 aliphatic heterocycles. The molecule has 0 unspecified atom stereocenters. The van der Waals surface area contributed by atoms with E-state index in [4.69, 9.17) is 0 Å². The molecule has 1 atom stereocenters. The number of rotatable bonds is 7. The molecule has 2 rings (SSSR count). The molecular formula is C19H28N2O2S. The minimum Gasteiger partial charge on any atom is -0.352 e. The SMILES string of the molecule is CC[C@@H](C)NC(=O)c1ccc(CNC(=O)CC2CCSCC2)cc1. The average molecular weight is 349 g/mol. The third kappa shape index (κ3) is 6.19. The monoisotopic (exact) mass is 348 g/mol. The number of benzene rings is 1. The number of hydrogen-bond donors (Lipinski definition) is 2. The summed E-state index contributed by atoms with van der Waals surface area (Å²) in [6.45, 7) is 4.56. The number of carbonyl (C=O) groups is 2. The van der Waals surface area contributed by atoms with Gasteiger partial charge in [-0.3, -0.25) is 9.59 Å². The molecule has 0 aromatic heterocycles. The normalized spacial score (nSPS) is 16.4. The first-order chi connectivity index (χ1) is 11.6. The maximum Gasteiger partial charge on any atom is 0.251 e. The van der Waals surface area contributed by atoms with E-state index in [1.165, 1.54) is 11.5 Å². The summed E-state index contributed by atoms with van der Waals surface area (Å²) in [5.74, 6) is 2.98. The van der Waals surface area contributed by atoms with Crippen molar-refractivity contribution < 1.29 is 9.59 Å². The van der Waals surface area contributed by atoms with Gasteiger partial charge in [-0.05, 0) is 61.3 Å². The van der Waals surface area contributed by atoms with Gasteiger partial charge in [0.05, 0.1) is 0 Å². The van der Waals surface area contributed by atoms with Gasteiger partial charge in [0.15, 0.2) is 0 Å². The van der Waals surface area contributed by atoms with Gasteiger partial charge in [0.2, 0.25) is 5.91 Å². The predicted molar refractivity (Wildman–Crippen MR) is 100 cm³/mol. The van der Waals surface area contributed by atoms with Crippen molar-refractivity contribution in [1.82, 2.24) is 10.6 Å². The lowest BCUT2D eigenvalue weighted by molar-refractivity contribution is -0.122. The largest absolute Gasteiger partial charge is 0.352 e. The van der Waals surface area contributed by atoms with E-state index in [2.05, 4.69) is 10.6 Å². The van der Waals surface area contributed by atoms with Gasteiger partial charge in [-0.15, -0.1) is 0 Å². The Morgan fingerprint density at radius 1 is 1.21 bits per heavy atom. The van der Waals surface area contributed by atoms with Crippen molar-refractivity contribution in [2.24, 2.45) is 5.92 Å². The molecule has 132 valence electrons. The van der Waals surface area contributed by atoms with E-state index in [0.717, 1.165) is 24.8 Å². The molecule has 1 aromatic rings.